The van der Waals surface area contributed by atoms with Crippen LogP contribution in [-0.2, 0) is 22.3 Å². The third-order valence-electron chi connectivity index (χ3n) is 6.95. The first-order chi connectivity index (χ1) is 19.0. The predicted molar refractivity (Wildman–Crippen MR) is 132 cm³/mol. The summed E-state index contributed by atoms with van der Waals surface area (Å²) >= 11 is 0. The van der Waals surface area contributed by atoms with Gasteiger partial charge in [0.15, 0.2) is 11.5 Å². The molecule has 4 rings (SSSR count). The molecule has 2 heterocycles. The number of hydrogen-bond acceptors (Lipinski definition) is 14. The molecule has 2 aliphatic rings. The third kappa shape index (κ3) is 6.42. The summed E-state index contributed by atoms with van der Waals surface area (Å²) < 4.78 is 22.4. The Morgan fingerprint density at radius 2 is 1.18 bits per heavy atom. The molecule has 0 spiro atoms. The number of aliphatic hydroxyl groups is 8. The lowest BCUT2D eigenvalue weighted by Gasteiger charge is -2.40. The van der Waals surface area contributed by atoms with Crippen LogP contribution in [0.25, 0.3) is 0 Å². The number of hydrogen-bond donors (Lipinski definition) is 10. The highest BCUT2D eigenvalue weighted by Gasteiger charge is 2.46. The molecule has 0 radical (unpaired) electrons. The smallest absolute Gasteiger partial charge is 0.229 e. The summed E-state index contributed by atoms with van der Waals surface area (Å²) in [5.41, 5.74) is 1.10. The van der Waals surface area contributed by atoms with Gasteiger partial charge < -0.3 is 70.0 Å². The largest absolute Gasteiger partial charge is 0.504 e. The highest BCUT2D eigenvalue weighted by Crippen LogP contribution is 2.33. The van der Waals surface area contributed by atoms with Crippen molar-refractivity contribution in [1.29, 1.82) is 0 Å². The van der Waals surface area contributed by atoms with Crippen molar-refractivity contribution in [3.8, 4) is 23.0 Å². The fourth-order valence-electron chi connectivity index (χ4n) is 4.53. The van der Waals surface area contributed by atoms with E-state index in [4.69, 9.17) is 18.9 Å². The molecule has 0 amide bonds. The lowest BCUT2D eigenvalue weighted by Crippen LogP contribution is -2.60. The predicted octanol–water partition coefficient (Wildman–Crippen LogP) is -2.76. The number of phenolic OH excluding ortho intramolecular Hbond substituents is 2. The molecular weight excluding hydrogens is 536 g/mol. The molecule has 40 heavy (non-hydrogen) atoms. The van der Waals surface area contributed by atoms with Crippen molar-refractivity contribution in [2.24, 2.45) is 0 Å². The summed E-state index contributed by atoms with van der Waals surface area (Å²) in [6.07, 6.45) is -14.5. The molecule has 222 valence electrons. The first-order valence-corrected chi connectivity index (χ1v) is 12.6. The number of ether oxygens (including phenoxy) is 4. The molecule has 0 aromatic heterocycles. The van der Waals surface area contributed by atoms with Gasteiger partial charge in [-0.15, -0.1) is 0 Å². The molecule has 2 fully saturated rings. The summed E-state index contributed by atoms with van der Waals surface area (Å²) in [4.78, 5) is 0. The Hall–Kier alpha value is -2.76. The van der Waals surface area contributed by atoms with E-state index < -0.39 is 74.6 Å². The van der Waals surface area contributed by atoms with E-state index in [2.05, 4.69) is 0 Å². The summed E-state index contributed by atoms with van der Waals surface area (Å²) in [6.45, 7) is -1.28. The van der Waals surface area contributed by atoms with E-state index in [1.165, 1.54) is 30.3 Å². The maximum Gasteiger partial charge on any atom is 0.229 e. The second kappa shape index (κ2) is 12.8. The fraction of sp³-hybridized carbons (Fsp3) is 0.538. The topological polar surface area (TPSA) is 239 Å². The Morgan fingerprint density at radius 3 is 1.73 bits per heavy atom. The number of benzene rings is 2. The van der Waals surface area contributed by atoms with Gasteiger partial charge in [0.25, 0.3) is 0 Å². The molecular formula is C26H34O14. The quantitative estimate of drug-likeness (QED) is 0.137. The van der Waals surface area contributed by atoms with E-state index in [1.807, 2.05) is 0 Å². The van der Waals surface area contributed by atoms with Gasteiger partial charge >= 0.3 is 0 Å². The minimum atomic E-state index is -1.66. The molecule has 14 nitrogen and oxygen atoms in total. The normalized spacial score (nSPS) is 34.4. The molecule has 10 N–H and O–H groups in total. The lowest BCUT2D eigenvalue weighted by atomic mass is 9.99. The van der Waals surface area contributed by atoms with E-state index in [1.54, 1.807) is 6.07 Å². The minimum absolute atomic E-state index is 0.133. The molecule has 2 aromatic rings. The zero-order chi connectivity index (χ0) is 29.1. The monoisotopic (exact) mass is 570 g/mol. The van der Waals surface area contributed by atoms with Crippen molar-refractivity contribution in [2.45, 2.75) is 74.3 Å². The van der Waals surface area contributed by atoms with Gasteiger partial charge in [0.2, 0.25) is 12.6 Å². The van der Waals surface area contributed by atoms with Crippen LogP contribution in [0.5, 0.6) is 23.0 Å². The van der Waals surface area contributed by atoms with Gasteiger partial charge in [0.05, 0.1) is 13.2 Å². The highest BCUT2D eigenvalue weighted by molar-refractivity contribution is 5.43. The molecule has 0 saturated carbocycles. The van der Waals surface area contributed by atoms with Crippen LogP contribution in [0.15, 0.2) is 36.4 Å². The molecule has 2 aliphatic heterocycles. The summed E-state index contributed by atoms with van der Waals surface area (Å²) in [6, 6.07) is 8.65. The van der Waals surface area contributed by atoms with Crippen molar-refractivity contribution in [3.63, 3.8) is 0 Å². The van der Waals surface area contributed by atoms with Crippen molar-refractivity contribution in [2.75, 3.05) is 13.2 Å². The Bertz CT molecular complexity index is 1130. The van der Waals surface area contributed by atoms with Crippen LogP contribution in [0, 0.1) is 0 Å². The molecule has 10 atom stereocenters. The first kappa shape index (κ1) is 30.2. The van der Waals surface area contributed by atoms with Crippen molar-refractivity contribution >= 4 is 0 Å². The van der Waals surface area contributed by atoms with Crippen LogP contribution < -0.4 is 9.47 Å². The van der Waals surface area contributed by atoms with Crippen molar-refractivity contribution in [1.82, 2.24) is 0 Å². The second-order valence-electron chi connectivity index (χ2n) is 9.72. The molecule has 0 aliphatic carbocycles. The fourth-order valence-corrected chi connectivity index (χ4v) is 4.53. The van der Waals surface area contributed by atoms with Gasteiger partial charge in [-0.1, -0.05) is 6.07 Å². The van der Waals surface area contributed by atoms with E-state index >= 15 is 0 Å². The van der Waals surface area contributed by atoms with Crippen LogP contribution in [0.4, 0.5) is 0 Å². The Morgan fingerprint density at radius 1 is 0.600 bits per heavy atom. The Kier molecular flexibility index (Phi) is 9.68. The molecule has 14 heteroatoms. The number of phenols is 2. The van der Waals surface area contributed by atoms with Gasteiger partial charge in [-0.2, -0.15) is 0 Å². The summed E-state index contributed by atoms with van der Waals surface area (Å²) in [5, 5.41) is 99.3. The van der Waals surface area contributed by atoms with Crippen LogP contribution in [0.1, 0.15) is 11.1 Å². The number of rotatable bonds is 9. The number of aryl methyl sites for hydroxylation is 2. The van der Waals surface area contributed by atoms with Gasteiger partial charge in [-0.3, -0.25) is 0 Å². The van der Waals surface area contributed by atoms with Crippen molar-refractivity contribution < 1.29 is 70.0 Å². The minimum Gasteiger partial charge on any atom is -0.504 e. The van der Waals surface area contributed by atoms with Gasteiger partial charge in [-0.25, -0.2) is 0 Å². The van der Waals surface area contributed by atoms with E-state index in [9.17, 15) is 51.1 Å². The van der Waals surface area contributed by atoms with E-state index in [0.29, 0.717) is 17.5 Å². The van der Waals surface area contributed by atoms with Crippen molar-refractivity contribution in [3.05, 3.63) is 47.5 Å². The maximum atomic E-state index is 10.4. The Balaban J connectivity index is 1.58. The summed E-state index contributed by atoms with van der Waals surface area (Å²) in [7, 11) is 0. The van der Waals surface area contributed by atoms with E-state index in [-0.39, 0.29) is 29.4 Å². The Labute approximate surface area is 228 Å². The average Bonchev–Trinajstić information content (AvgIpc) is 2.95. The molecule has 2 saturated heterocycles. The lowest BCUT2D eigenvalue weighted by molar-refractivity contribution is -0.278. The van der Waals surface area contributed by atoms with Crippen LogP contribution in [-0.4, -0.2) is 126 Å². The van der Waals surface area contributed by atoms with Gasteiger partial charge in [0, 0.05) is 0 Å². The van der Waals surface area contributed by atoms with Gasteiger partial charge in [0.1, 0.15) is 60.3 Å². The highest BCUT2D eigenvalue weighted by atomic mass is 16.7. The third-order valence-corrected chi connectivity index (χ3v) is 6.95. The van der Waals surface area contributed by atoms with Crippen LogP contribution in [0.3, 0.4) is 0 Å². The number of aromatic hydroxyl groups is 2. The maximum absolute atomic E-state index is 10.4. The number of aliphatic hydroxyl groups excluding tert-OH is 8. The standard InChI is InChI=1S/C26H34O14/c27-9-17-19(31)21(33)23(35)25(39-17)37-13-4-6-16(38-26-24(36)22(34)20(32)18(10-28)40-26)12(8-13)3-1-11-2-5-14(29)15(30)7-11/h2,4-8,17-36H,1,3,9-10H2/t17-,18-,19-,20-,21+,22+,23-,24-,25-,26-/m1/s1. The molecule has 0 bridgehead atoms. The average molecular weight is 571 g/mol. The van der Waals surface area contributed by atoms with E-state index in [0.717, 1.165) is 0 Å². The van der Waals surface area contributed by atoms with Crippen LogP contribution in [0.2, 0.25) is 0 Å². The molecule has 2 aromatic carbocycles. The summed E-state index contributed by atoms with van der Waals surface area (Å²) in [5.74, 6) is -0.303. The zero-order valence-corrected chi connectivity index (χ0v) is 21.2. The van der Waals surface area contributed by atoms with Gasteiger partial charge in [-0.05, 0) is 54.3 Å². The second-order valence-corrected chi connectivity index (χ2v) is 9.72. The first-order valence-electron chi connectivity index (χ1n) is 12.6. The zero-order valence-electron chi connectivity index (χ0n) is 21.2. The SMILES string of the molecule is OC[C@H]1O[C@@H](Oc2ccc(O[C@@H]3O[C@H](CO)[C@@H](O)[C@H](O)[C@H]3O)c(CCc3ccc(O)c(O)c3)c2)[C@H](O)[C@@H](O)[C@@H]1O. The van der Waals surface area contributed by atoms with Crippen LogP contribution >= 0.6 is 0 Å². The molecule has 0 unspecified atom stereocenters.